The van der Waals surface area contributed by atoms with Crippen LogP contribution in [0, 0.1) is 11.8 Å². The van der Waals surface area contributed by atoms with Crippen LogP contribution in [0.3, 0.4) is 0 Å². The first-order valence-corrected chi connectivity index (χ1v) is 8.26. The van der Waals surface area contributed by atoms with E-state index in [0.717, 1.165) is 52.1 Å². The molecule has 21 heavy (non-hydrogen) atoms. The minimum absolute atomic E-state index is 0.261. The van der Waals surface area contributed by atoms with Crippen LogP contribution in [-0.4, -0.2) is 62.1 Å². The Morgan fingerprint density at radius 3 is 1.86 bits per heavy atom. The van der Waals surface area contributed by atoms with Crippen LogP contribution in [0.2, 0.25) is 0 Å². The van der Waals surface area contributed by atoms with E-state index in [2.05, 4.69) is 13.8 Å². The lowest BCUT2D eigenvalue weighted by Gasteiger charge is -2.18. The molecule has 4 unspecified atom stereocenters. The van der Waals surface area contributed by atoms with Gasteiger partial charge in [-0.05, 0) is 24.7 Å². The highest BCUT2D eigenvalue weighted by molar-refractivity contribution is 4.71. The molecule has 2 aliphatic heterocycles. The van der Waals surface area contributed by atoms with E-state index in [1.54, 1.807) is 0 Å². The molecule has 0 aromatic heterocycles. The predicted molar refractivity (Wildman–Crippen MR) is 81.3 cm³/mol. The second-order valence-electron chi connectivity index (χ2n) is 5.98. The first-order chi connectivity index (χ1) is 10.2. The van der Waals surface area contributed by atoms with Crippen molar-refractivity contribution in [3.63, 3.8) is 0 Å². The highest BCUT2D eigenvalue weighted by Crippen LogP contribution is 2.18. The van der Waals surface area contributed by atoms with E-state index in [0.29, 0.717) is 24.0 Å². The third kappa shape index (κ3) is 10.2. The molecule has 0 amide bonds. The molecule has 0 radical (unpaired) electrons. The van der Waals surface area contributed by atoms with Gasteiger partial charge in [0.25, 0.3) is 0 Å². The van der Waals surface area contributed by atoms with Crippen molar-refractivity contribution in [3.8, 4) is 0 Å². The summed E-state index contributed by atoms with van der Waals surface area (Å²) in [6.45, 7) is 8.00. The summed E-state index contributed by atoms with van der Waals surface area (Å²) in [6, 6.07) is 0. The molecule has 126 valence electrons. The molecule has 5 heteroatoms. The molecule has 4 atom stereocenters. The number of hydrogen-bond acceptors (Lipinski definition) is 5. The van der Waals surface area contributed by atoms with Crippen molar-refractivity contribution in [2.24, 2.45) is 11.8 Å². The Kier molecular flexibility index (Phi) is 10.2. The lowest BCUT2D eigenvalue weighted by molar-refractivity contribution is 0.102. The van der Waals surface area contributed by atoms with E-state index in [1.165, 1.54) is 0 Å². The Morgan fingerprint density at radius 2 is 1.52 bits per heavy atom. The van der Waals surface area contributed by atoms with Gasteiger partial charge in [-0.1, -0.05) is 26.7 Å². The van der Waals surface area contributed by atoms with Crippen LogP contribution in [0.15, 0.2) is 0 Å². The highest BCUT2D eigenvalue weighted by Gasteiger charge is 2.26. The van der Waals surface area contributed by atoms with Crippen LogP contribution in [0.4, 0.5) is 0 Å². The van der Waals surface area contributed by atoms with Gasteiger partial charge >= 0.3 is 0 Å². The van der Waals surface area contributed by atoms with Crippen molar-refractivity contribution >= 4 is 0 Å². The third-order valence-corrected chi connectivity index (χ3v) is 3.87. The van der Waals surface area contributed by atoms with E-state index < -0.39 is 0 Å². The molecule has 5 nitrogen and oxygen atoms in total. The van der Waals surface area contributed by atoms with Gasteiger partial charge in [0.2, 0.25) is 0 Å². The smallest absolute Gasteiger partial charge is 0.104 e. The van der Waals surface area contributed by atoms with Gasteiger partial charge in [-0.2, -0.15) is 0 Å². The summed E-state index contributed by atoms with van der Waals surface area (Å²) in [4.78, 5) is 0. The van der Waals surface area contributed by atoms with Gasteiger partial charge in [-0.3, -0.25) is 0 Å². The van der Waals surface area contributed by atoms with Crippen molar-refractivity contribution < 1.29 is 24.4 Å². The average Bonchev–Trinajstić information content (AvgIpc) is 3.39. The Morgan fingerprint density at radius 1 is 1.00 bits per heavy atom. The molecular weight excluding hydrogens is 272 g/mol. The van der Waals surface area contributed by atoms with Crippen LogP contribution in [0.1, 0.15) is 39.5 Å². The van der Waals surface area contributed by atoms with Gasteiger partial charge < -0.3 is 24.4 Å². The van der Waals surface area contributed by atoms with E-state index in [9.17, 15) is 0 Å². The molecule has 2 saturated heterocycles. The topological polar surface area (TPSA) is 74.8 Å². The standard InChI is InChI=1S/C10H22O2.C6H10O3/c1-3-5-10(8-12)6-9(4-2)7-11;1(5-3-8-5)7-2-6-4-9-6/h9-12H,3-8H2,1-2H3;5-6H,1-4H2. The van der Waals surface area contributed by atoms with E-state index in [-0.39, 0.29) is 13.2 Å². The largest absolute Gasteiger partial charge is 0.396 e. The van der Waals surface area contributed by atoms with Gasteiger partial charge in [-0.15, -0.1) is 0 Å². The molecule has 0 bridgehead atoms. The van der Waals surface area contributed by atoms with E-state index >= 15 is 0 Å². The van der Waals surface area contributed by atoms with Crippen LogP contribution < -0.4 is 0 Å². The summed E-state index contributed by atoms with van der Waals surface area (Å²) in [5.41, 5.74) is 0. The Bertz CT molecular complexity index is 225. The fourth-order valence-corrected chi connectivity index (χ4v) is 2.19. The maximum atomic E-state index is 9.02. The SMILES string of the molecule is C(OCC1CO1)C1CO1.CCCC(CO)CC(CC)CO. The molecule has 0 saturated carbocycles. The van der Waals surface area contributed by atoms with E-state index in [1.807, 2.05) is 0 Å². The van der Waals surface area contributed by atoms with Crippen LogP contribution in [0.25, 0.3) is 0 Å². The molecular formula is C16H32O5. The lowest BCUT2D eigenvalue weighted by Crippen LogP contribution is -2.14. The summed E-state index contributed by atoms with van der Waals surface area (Å²) in [7, 11) is 0. The number of aliphatic hydroxyl groups is 2. The molecule has 2 heterocycles. The Labute approximate surface area is 128 Å². The van der Waals surface area contributed by atoms with Gasteiger partial charge in [0, 0.05) is 13.2 Å². The second kappa shape index (κ2) is 11.4. The quantitative estimate of drug-likeness (QED) is 0.567. The summed E-state index contributed by atoms with van der Waals surface area (Å²) < 4.78 is 15.1. The normalized spacial score (nSPS) is 25.7. The zero-order valence-electron chi connectivity index (χ0n) is 13.5. The molecule has 0 aromatic rings. The molecule has 2 aliphatic rings. The summed E-state index contributed by atoms with van der Waals surface area (Å²) in [5.74, 6) is 0.779. The number of hydrogen-bond donors (Lipinski definition) is 2. The summed E-state index contributed by atoms with van der Waals surface area (Å²) in [5, 5.41) is 18.0. The molecule has 0 aromatic carbocycles. The van der Waals surface area contributed by atoms with Crippen molar-refractivity contribution in [1.29, 1.82) is 0 Å². The van der Waals surface area contributed by atoms with Crippen molar-refractivity contribution in [3.05, 3.63) is 0 Å². The monoisotopic (exact) mass is 304 g/mol. The summed E-state index contributed by atoms with van der Waals surface area (Å²) >= 11 is 0. The Hall–Kier alpha value is -0.200. The summed E-state index contributed by atoms with van der Waals surface area (Å²) in [6.07, 6.45) is 4.96. The lowest BCUT2D eigenvalue weighted by atomic mass is 9.91. The van der Waals surface area contributed by atoms with Crippen molar-refractivity contribution in [2.75, 3.05) is 39.6 Å². The predicted octanol–water partition coefficient (Wildman–Crippen LogP) is 1.60. The fraction of sp³-hybridized carbons (Fsp3) is 1.00. The molecule has 2 N–H and O–H groups in total. The fourth-order valence-electron chi connectivity index (χ4n) is 2.19. The van der Waals surface area contributed by atoms with Crippen LogP contribution in [-0.2, 0) is 14.2 Å². The molecule has 2 fully saturated rings. The minimum Gasteiger partial charge on any atom is -0.396 e. The van der Waals surface area contributed by atoms with Crippen molar-refractivity contribution in [1.82, 2.24) is 0 Å². The molecule has 2 rings (SSSR count). The van der Waals surface area contributed by atoms with E-state index in [4.69, 9.17) is 24.4 Å². The van der Waals surface area contributed by atoms with Gasteiger partial charge in [0.1, 0.15) is 12.2 Å². The molecule has 0 aliphatic carbocycles. The first kappa shape index (κ1) is 18.8. The zero-order chi connectivity index (χ0) is 15.5. The van der Waals surface area contributed by atoms with Gasteiger partial charge in [0.05, 0.1) is 26.4 Å². The zero-order valence-corrected chi connectivity index (χ0v) is 13.5. The number of aliphatic hydroxyl groups excluding tert-OH is 2. The number of rotatable bonds is 11. The molecule has 0 spiro atoms. The number of ether oxygens (including phenoxy) is 3. The Balaban J connectivity index is 0.000000216. The third-order valence-electron chi connectivity index (χ3n) is 3.87. The first-order valence-electron chi connectivity index (χ1n) is 8.26. The van der Waals surface area contributed by atoms with Gasteiger partial charge in [0.15, 0.2) is 0 Å². The maximum absolute atomic E-state index is 9.02. The van der Waals surface area contributed by atoms with Crippen LogP contribution in [0.5, 0.6) is 0 Å². The maximum Gasteiger partial charge on any atom is 0.104 e. The van der Waals surface area contributed by atoms with Gasteiger partial charge in [-0.25, -0.2) is 0 Å². The number of epoxide rings is 2. The minimum atomic E-state index is 0.261. The van der Waals surface area contributed by atoms with Crippen molar-refractivity contribution in [2.45, 2.75) is 51.7 Å². The van der Waals surface area contributed by atoms with Crippen LogP contribution >= 0.6 is 0 Å². The second-order valence-corrected chi connectivity index (χ2v) is 5.98. The highest BCUT2D eigenvalue weighted by atomic mass is 16.6. The average molecular weight is 304 g/mol.